The van der Waals surface area contributed by atoms with E-state index in [2.05, 4.69) is 10.6 Å². The number of piperidine rings is 1. The molecule has 2 amide bonds. The fourth-order valence-electron chi connectivity index (χ4n) is 3.98. The van der Waals surface area contributed by atoms with Gasteiger partial charge in [-0.3, -0.25) is 9.59 Å². The topological polar surface area (TPSA) is 109 Å². The molecule has 0 radical (unpaired) electrons. The van der Waals surface area contributed by atoms with Crippen LogP contribution in [0, 0.1) is 12.7 Å². The van der Waals surface area contributed by atoms with Crippen molar-refractivity contribution in [1.29, 1.82) is 0 Å². The van der Waals surface area contributed by atoms with E-state index in [0.717, 1.165) is 0 Å². The van der Waals surface area contributed by atoms with E-state index < -0.39 is 21.7 Å². The number of carbonyl (C=O) groups excluding carboxylic acids is 2. The van der Waals surface area contributed by atoms with E-state index >= 15 is 0 Å². The lowest BCUT2D eigenvalue weighted by molar-refractivity contribution is -0.114. The smallest absolute Gasteiger partial charge is 0.287 e. The second-order valence-corrected chi connectivity index (χ2v) is 9.97. The van der Waals surface area contributed by atoms with Gasteiger partial charge < -0.3 is 15.1 Å². The van der Waals surface area contributed by atoms with Gasteiger partial charge in [0.05, 0.1) is 4.90 Å². The number of sulfonamides is 1. The molecule has 2 N–H and O–H groups in total. The number of rotatable bonds is 5. The molecule has 4 rings (SSSR count). The zero-order chi connectivity index (χ0) is 23.8. The van der Waals surface area contributed by atoms with Crippen LogP contribution < -0.4 is 10.6 Å². The van der Waals surface area contributed by atoms with Gasteiger partial charge >= 0.3 is 0 Å². The van der Waals surface area contributed by atoms with E-state index in [1.807, 2.05) is 0 Å². The summed E-state index contributed by atoms with van der Waals surface area (Å²) in [5, 5.41) is 6.02. The van der Waals surface area contributed by atoms with Crippen LogP contribution >= 0.6 is 0 Å². The highest BCUT2D eigenvalue weighted by Crippen LogP contribution is 2.28. The summed E-state index contributed by atoms with van der Waals surface area (Å²) >= 11 is 0. The molecule has 1 aliphatic heterocycles. The van der Waals surface area contributed by atoms with Crippen LogP contribution in [0.2, 0.25) is 0 Å². The quantitative estimate of drug-likeness (QED) is 0.590. The Balaban J connectivity index is 1.39. The zero-order valence-corrected chi connectivity index (χ0v) is 19.0. The number of furan rings is 1. The molecule has 0 bridgehead atoms. The van der Waals surface area contributed by atoms with Crippen molar-refractivity contribution in [1.82, 2.24) is 9.62 Å². The highest BCUT2D eigenvalue weighted by Gasteiger charge is 2.31. The average molecular weight is 474 g/mol. The fourth-order valence-corrected chi connectivity index (χ4v) is 5.45. The second-order valence-electron chi connectivity index (χ2n) is 8.03. The highest BCUT2D eigenvalue weighted by molar-refractivity contribution is 7.89. The van der Waals surface area contributed by atoms with E-state index in [1.54, 1.807) is 31.2 Å². The largest absolute Gasteiger partial charge is 0.448 e. The number of hydrogen-bond acceptors (Lipinski definition) is 5. The Bertz CT molecular complexity index is 1310. The monoisotopic (exact) mass is 473 g/mol. The summed E-state index contributed by atoms with van der Waals surface area (Å²) in [5.41, 5.74) is 1.12. The van der Waals surface area contributed by atoms with Crippen molar-refractivity contribution in [3.05, 3.63) is 59.6 Å². The second kappa shape index (κ2) is 8.95. The molecule has 174 valence electrons. The number of fused-ring (bicyclic) bond motifs is 1. The van der Waals surface area contributed by atoms with Gasteiger partial charge in [-0.1, -0.05) is 12.1 Å². The molecule has 1 saturated heterocycles. The van der Waals surface area contributed by atoms with E-state index in [9.17, 15) is 22.4 Å². The summed E-state index contributed by atoms with van der Waals surface area (Å²) in [5.74, 6) is -1.15. The number of hydrogen-bond donors (Lipinski definition) is 2. The van der Waals surface area contributed by atoms with Crippen molar-refractivity contribution >= 4 is 38.5 Å². The molecule has 3 aromatic rings. The van der Waals surface area contributed by atoms with E-state index in [0.29, 0.717) is 29.5 Å². The van der Waals surface area contributed by atoms with Crippen molar-refractivity contribution in [3.63, 3.8) is 0 Å². The molecule has 8 nitrogen and oxygen atoms in total. The number of benzene rings is 2. The minimum absolute atomic E-state index is 0.0468. The van der Waals surface area contributed by atoms with Gasteiger partial charge in [0, 0.05) is 42.7 Å². The number of carbonyl (C=O) groups is 2. The number of nitrogens with zero attached hydrogens (tertiary/aromatic N) is 1. The van der Waals surface area contributed by atoms with Gasteiger partial charge in [0.15, 0.2) is 17.2 Å². The van der Waals surface area contributed by atoms with Gasteiger partial charge in [-0.2, -0.15) is 4.31 Å². The average Bonchev–Trinajstić information content (AvgIpc) is 3.12. The third-order valence-corrected chi connectivity index (χ3v) is 7.64. The minimum atomic E-state index is -3.69. The SMILES string of the molecule is CC(=O)Nc1ccc(S(=O)(=O)N2CCC(NC(=O)c3oc4c(F)cccc4c3C)CC2)cc1. The first kappa shape index (κ1) is 22.9. The normalized spacial score (nSPS) is 15.5. The maximum atomic E-state index is 14.0. The molecule has 0 unspecified atom stereocenters. The molecular weight excluding hydrogens is 449 g/mol. The fraction of sp³-hybridized carbons (Fsp3) is 0.304. The van der Waals surface area contributed by atoms with E-state index in [4.69, 9.17) is 4.42 Å². The maximum Gasteiger partial charge on any atom is 0.287 e. The molecule has 0 spiro atoms. The molecule has 0 atom stereocenters. The first-order valence-corrected chi connectivity index (χ1v) is 12.0. The lowest BCUT2D eigenvalue weighted by atomic mass is 10.1. The van der Waals surface area contributed by atoms with Crippen LogP contribution in [-0.4, -0.2) is 43.7 Å². The van der Waals surface area contributed by atoms with Crippen LogP contribution in [0.4, 0.5) is 10.1 Å². The molecule has 1 fully saturated rings. The van der Waals surface area contributed by atoms with Gasteiger partial charge in [-0.25, -0.2) is 12.8 Å². The van der Waals surface area contributed by atoms with Crippen LogP contribution in [-0.2, 0) is 14.8 Å². The molecular formula is C23H24FN3O5S. The van der Waals surface area contributed by atoms with Crippen LogP contribution in [0.5, 0.6) is 0 Å². The minimum Gasteiger partial charge on any atom is -0.448 e. The number of anilines is 1. The summed E-state index contributed by atoms with van der Waals surface area (Å²) in [6.45, 7) is 3.57. The van der Waals surface area contributed by atoms with Crippen molar-refractivity contribution in [2.45, 2.75) is 37.6 Å². The van der Waals surface area contributed by atoms with Crippen LogP contribution in [0.3, 0.4) is 0 Å². The van der Waals surface area contributed by atoms with Gasteiger partial charge in [-0.05, 0) is 50.1 Å². The first-order valence-electron chi connectivity index (χ1n) is 10.5. The summed E-state index contributed by atoms with van der Waals surface area (Å²) in [7, 11) is -3.69. The number of para-hydroxylation sites is 1. The Morgan fingerprint density at radius 3 is 2.36 bits per heavy atom. The molecule has 1 aliphatic rings. The Labute approximate surface area is 190 Å². The maximum absolute atomic E-state index is 14.0. The molecule has 0 aliphatic carbocycles. The number of aryl methyl sites for hydroxylation is 1. The highest BCUT2D eigenvalue weighted by atomic mass is 32.2. The third-order valence-electron chi connectivity index (χ3n) is 5.72. The van der Waals surface area contributed by atoms with Crippen molar-refractivity contribution in [2.24, 2.45) is 0 Å². The predicted octanol–water partition coefficient (Wildman–Crippen LogP) is 3.42. The predicted molar refractivity (Wildman–Crippen MR) is 121 cm³/mol. The Morgan fingerprint density at radius 1 is 1.09 bits per heavy atom. The Morgan fingerprint density at radius 2 is 1.76 bits per heavy atom. The zero-order valence-electron chi connectivity index (χ0n) is 18.2. The Hall–Kier alpha value is -3.24. The summed E-state index contributed by atoms with van der Waals surface area (Å²) in [6, 6.07) is 10.3. The third kappa shape index (κ3) is 4.62. The molecule has 10 heteroatoms. The van der Waals surface area contributed by atoms with Gasteiger partial charge in [0.1, 0.15) is 0 Å². The summed E-state index contributed by atoms with van der Waals surface area (Å²) < 4.78 is 46.7. The number of amides is 2. The first-order chi connectivity index (χ1) is 15.7. The van der Waals surface area contributed by atoms with Crippen LogP contribution in [0.1, 0.15) is 35.9 Å². The van der Waals surface area contributed by atoms with Crippen LogP contribution in [0.25, 0.3) is 11.0 Å². The van der Waals surface area contributed by atoms with E-state index in [-0.39, 0.29) is 41.3 Å². The standard InChI is InChI=1S/C23H24FN3O5S/c1-14-19-4-3-5-20(24)22(19)32-21(14)23(29)26-17-10-12-27(13-11-17)33(30,31)18-8-6-16(7-9-18)25-15(2)28/h3-9,17H,10-13H2,1-2H3,(H,25,28)(H,26,29). The summed E-state index contributed by atoms with van der Waals surface area (Å²) in [6.07, 6.45) is 0.866. The van der Waals surface area contributed by atoms with Gasteiger partial charge in [0.2, 0.25) is 15.9 Å². The summed E-state index contributed by atoms with van der Waals surface area (Å²) in [4.78, 5) is 24.0. The van der Waals surface area contributed by atoms with Gasteiger partial charge in [0.25, 0.3) is 5.91 Å². The molecule has 1 aromatic heterocycles. The lowest BCUT2D eigenvalue weighted by Gasteiger charge is -2.31. The molecule has 2 heterocycles. The van der Waals surface area contributed by atoms with Crippen molar-refractivity contribution in [2.75, 3.05) is 18.4 Å². The molecule has 33 heavy (non-hydrogen) atoms. The van der Waals surface area contributed by atoms with E-state index in [1.165, 1.54) is 29.4 Å². The lowest BCUT2D eigenvalue weighted by Crippen LogP contribution is -2.46. The molecule has 0 saturated carbocycles. The van der Waals surface area contributed by atoms with Crippen molar-refractivity contribution < 1.29 is 26.8 Å². The number of nitrogens with one attached hydrogen (secondary N) is 2. The molecule has 2 aromatic carbocycles. The number of halogens is 1. The van der Waals surface area contributed by atoms with Gasteiger partial charge in [-0.15, -0.1) is 0 Å². The Kier molecular flexibility index (Phi) is 6.22. The van der Waals surface area contributed by atoms with Crippen molar-refractivity contribution in [3.8, 4) is 0 Å². The van der Waals surface area contributed by atoms with Crippen LogP contribution in [0.15, 0.2) is 51.8 Å².